The third-order valence-corrected chi connectivity index (χ3v) is 3.95. The van der Waals surface area contributed by atoms with Gasteiger partial charge < -0.3 is 10.6 Å². The minimum atomic E-state index is -0.155. The van der Waals surface area contributed by atoms with E-state index >= 15 is 0 Å². The van der Waals surface area contributed by atoms with Gasteiger partial charge in [-0.05, 0) is 46.4 Å². The van der Waals surface area contributed by atoms with E-state index in [2.05, 4.69) is 31.4 Å². The fourth-order valence-corrected chi connectivity index (χ4v) is 2.90. The highest BCUT2D eigenvalue weighted by molar-refractivity contribution is 14.1. The van der Waals surface area contributed by atoms with E-state index in [0.717, 1.165) is 30.9 Å². The molecule has 1 heterocycles. The van der Waals surface area contributed by atoms with Crippen molar-refractivity contribution < 1.29 is 4.39 Å². The summed E-state index contributed by atoms with van der Waals surface area (Å²) < 4.78 is 14.2. The highest BCUT2D eigenvalue weighted by atomic mass is 127. The number of fused-ring (bicyclic) bond motifs is 1. The van der Waals surface area contributed by atoms with Gasteiger partial charge in [0.25, 0.3) is 0 Å². The molecule has 0 saturated carbocycles. The Morgan fingerprint density at radius 3 is 2.33 bits per heavy atom. The van der Waals surface area contributed by atoms with Crippen LogP contribution in [0.3, 0.4) is 0 Å². The molecular formula is C14H20FIN2. The van der Waals surface area contributed by atoms with Crippen LogP contribution >= 0.6 is 22.6 Å². The van der Waals surface area contributed by atoms with E-state index in [0.29, 0.717) is 14.9 Å². The first-order chi connectivity index (χ1) is 8.35. The molecule has 0 spiro atoms. The molecule has 0 bridgehead atoms. The van der Waals surface area contributed by atoms with E-state index in [-0.39, 0.29) is 5.82 Å². The zero-order valence-electron chi connectivity index (χ0n) is 11.1. The summed E-state index contributed by atoms with van der Waals surface area (Å²) in [6, 6.07) is 3.46. The molecule has 1 aliphatic rings. The van der Waals surface area contributed by atoms with Crippen LogP contribution in [0, 0.1) is 20.7 Å². The van der Waals surface area contributed by atoms with Crippen LogP contribution in [0.4, 0.5) is 15.8 Å². The first kappa shape index (κ1) is 13.9. The average molecular weight is 362 g/mol. The van der Waals surface area contributed by atoms with Gasteiger partial charge in [0.05, 0.1) is 14.9 Å². The first-order valence-electron chi connectivity index (χ1n) is 6.32. The van der Waals surface area contributed by atoms with Gasteiger partial charge in [0.15, 0.2) is 0 Å². The van der Waals surface area contributed by atoms with Gasteiger partial charge in [-0.3, -0.25) is 0 Å². The summed E-state index contributed by atoms with van der Waals surface area (Å²) in [5.41, 5.74) is 2.21. The third-order valence-electron chi connectivity index (χ3n) is 3.12. The second-order valence-electron chi connectivity index (χ2n) is 6.20. The zero-order chi connectivity index (χ0) is 13.3. The van der Waals surface area contributed by atoms with Crippen LogP contribution < -0.4 is 10.6 Å². The minimum absolute atomic E-state index is 0.155. The fourth-order valence-electron chi connectivity index (χ4n) is 2.43. The van der Waals surface area contributed by atoms with Gasteiger partial charge in [-0.25, -0.2) is 4.39 Å². The summed E-state index contributed by atoms with van der Waals surface area (Å²) in [6.07, 6.45) is 1.15. The molecule has 1 aromatic rings. The molecule has 0 aliphatic carbocycles. The quantitative estimate of drug-likeness (QED) is 0.727. The van der Waals surface area contributed by atoms with Crippen molar-refractivity contribution in [1.82, 2.24) is 0 Å². The van der Waals surface area contributed by atoms with Crippen molar-refractivity contribution in [1.29, 1.82) is 0 Å². The van der Waals surface area contributed by atoms with Crippen molar-refractivity contribution in [2.24, 2.45) is 11.3 Å². The number of hydrogen-bond donors (Lipinski definition) is 2. The predicted octanol–water partition coefficient (Wildman–Crippen LogP) is 4.32. The Hall–Kier alpha value is -0.520. The maximum absolute atomic E-state index is 13.5. The molecule has 1 unspecified atom stereocenters. The molecule has 1 aliphatic heterocycles. The molecule has 1 atom stereocenters. The summed E-state index contributed by atoms with van der Waals surface area (Å²) in [5, 5.41) is 6.79. The second-order valence-corrected chi connectivity index (χ2v) is 7.37. The molecule has 0 saturated heterocycles. The van der Waals surface area contributed by atoms with Crippen molar-refractivity contribution in [2.45, 2.75) is 27.2 Å². The Morgan fingerprint density at radius 2 is 1.78 bits per heavy atom. The van der Waals surface area contributed by atoms with Crippen molar-refractivity contribution >= 4 is 34.0 Å². The minimum Gasteiger partial charge on any atom is -0.383 e. The Balaban J connectivity index is 2.12. The first-order valence-corrected chi connectivity index (χ1v) is 7.40. The van der Waals surface area contributed by atoms with Crippen LogP contribution in [0.25, 0.3) is 0 Å². The maximum Gasteiger partial charge on any atom is 0.138 e. The third kappa shape index (κ3) is 3.49. The molecule has 4 heteroatoms. The normalized spacial score (nSPS) is 19.5. The number of rotatable bonds is 1. The van der Waals surface area contributed by atoms with Gasteiger partial charge in [0.2, 0.25) is 0 Å². The van der Waals surface area contributed by atoms with Crippen molar-refractivity contribution in [3.05, 3.63) is 21.5 Å². The average Bonchev–Trinajstić information content (AvgIpc) is 2.41. The number of nitrogens with one attached hydrogen (secondary N) is 2. The Bertz CT molecular complexity index is 407. The summed E-state index contributed by atoms with van der Waals surface area (Å²) >= 11 is 2.03. The van der Waals surface area contributed by atoms with Crippen molar-refractivity contribution in [3.8, 4) is 0 Å². The van der Waals surface area contributed by atoms with Gasteiger partial charge in [0, 0.05) is 19.2 Å². The van der Waals surface area contributed by atoms with E-state index in [4.69, 9.17) is 0 Å². The van der Waals surface area contributed by atoms with Gasteiger partial charge >= 0.3 is 0 Å². The van der Waals surface area contributed by atoms with E-state index in [1.165, 1.54) is 0 Å². The lowest BCUT2D eigenvalue weighted by Gasteiger charge is -2.25. The second kappa shape index (κ2) is 5.23. The van der Waals surface area contributed by atoms with Crippen LogP contribution in [0.5, 0.6) is 0 Å². The monoisotopic (exact) mass is 362 g/mol. The lowest BCUT2D eigenvalue weighted by Crippen LogP contribution is -2.24. The van der Waals surface area contributed by atoms with E-state index in [1.54, 1.807) is 6.07 Å². The van der Waals surface area contributed by atoms with Crippen molar-refractivity contribution in [2.75, 3.05) is 23.7 Å². The van der Waals surface area contributed by atoms with Crippen LogP contribution in [0.15, 0.2) is 12.1 Å². The molecule has 2 rings (SSSR count). The molecule has 2 N–H and O–H groups in total. The molecule has 0 fully saturated rings. The van der Waals surface area contributed by atoms with Gasteiger partial charge in [-0.1, -0.05) is 20.8 Å². The Kier molecular flexibility index (Phi) is 4.04. The number of hydrogen-bond acceptors (Lipinski definition) is 2. The SMILES string of the molecule is CC(C)(C)CC1CNc2cc(F)c(I)cc2NC1. The molecular weight excluding hydrogens is 342 g/mol. The van der Waals surface area contributed by atoms with Crippen molar-refractivity contribution in [3.63, 3.8) is 0 Å². The topological polar surface area (TPSA) is 24.1 Å². The highest BCUT2D eigenvalue weighted by Crippen LogP contribution is 2.32. The van der Waals surface area contributed by atoms with Crippen LogP contribution in [-0.4, -0.2) is 13.1 Å². The number of benzene rings is 1. The largest absolute Gasteiger partial charge is 0.383 e. The lowest BCUT2D eigenvalue weighted by atomic mass is 9.84. The van der Waals surface area contributed by atoms with E-state index in [9.17, 15) is 4.39 Å². The standard InChI is InChI=1S/C14H20FIN2/c1-14(2,3)6-9-7-17-12-4-10(15)11(16)5-13(12)18-8-9/h4-5,9,17-18H,6-8H2,1-3H3. The van der Waals surface area contributed by atoms with Crippen LogP contribution in [0.1, 0.15) is 27.2 Å². The molecule has 0 radical (unpaired) electrons. The smallest absolute Gasteiger partial charge is 0.138 e. The Labute approximate surface area is 122 Å². The molecule has 0 aromatic heterocycles. The van der Waals surface area contributed by atoms with Crippen LogP contribution in [0.2, 0.25) is 0 Å². The molecule has 0 amide bonds. The summed E-state index contributed by atoms with van der Waals surface area (Å²) in [7, 11) is 0. The molecule has 2 nitrogen and oxygen atoms in total. The van der Waals surface area contributed by atoms with Gasteiger partial charge in [-0.2, -0.15) is 0 Å². The van der Waals surface area contributed by atoms with Gasteiger partial charge in [0.1, 0.15) is 5.82 Å². The number of halogens is 2. The van der Waals surface area contributed by atoms with E-state index in [1.807, 2.05) is 28.7 Å². The number of anilines is 2. The fraction of sp³-hybridized carbons (Fsp3) is 0.571. The Morgan fingerprint density at radius 1 is 1.22 bits per heavy atom. The molecule has 18 heavy (non-hydrogen) atoms. The molecule has 100 valence electrons. The van der Waals surface area contributed by atoms with Gasteiger partial charge in [-0.15, -0.1) is 0 Å². The lowest BCUT2D eigenvalue weighted by molar-refractivity contribution is 0.310. The van der Waals surface area contributed by atoms with Crippen LogP contribution in [-0.2, 0) is 0 Å². The molecule has 1 aromatic carbocycles. The summed E-state index contributed by atoms with van der Waals surface area (Å²) in [4.78, 5) is 0. The maximum atomic E-state index is 13.5. The highest BCUT2D eigenvalue weighted by Gasteiger charge is 2.22. The zero-order valence-corrected chi connectivity index (χ0v) is 13.3. The van der Waals surface area contributed by atoms with E-state index < -0.39 is 0 Å². The summed E-state index contributed by atoms with van der Waals surface area (Å²) in [6.45, 7) is 8.62. The predicted molar refractivity (Wildman–Crippen MR) is 83.7 cm³/mol. The summed E-state index contributed by atoms with van der Waals surface area (Å²) in [5.74, 6) is 0.413.